The van der Waals surface area contributed by atoms with Gasteiger partial charge in [0.25, 0.3) is 0 Å². The number of para-hydroxylation sites is 1. The van der Waals surface area contributed by atoms with Gasteiger partial charge in [-0.1, -0.05) is 35.9 Å². The lowest BCUT2D eigenvalue weighted by Crippen LogP contribution is -2.29. The van der Waals surface area contributed by atoms with E-state index in [9.17, 15) is 4.79 Å². The molecule has 1 heterocycles. The summed E-state index contributed by atoms with van der Waals surface area (Å²) < 4.78 is 0. The molecule has 1 aliphatic heterocycles. The Morgan fingerprint density at radius 3 is 2.92 bits per heavy atom. The first-order chi connectivity index (χ1) is 11.6. The van der Waals surface area contributed by atoms with Crippen molar-refractivity contribution in [3.63, 3.8) is 0 Å². The van der Waals surface area contributed by atoms with Gasteiger partial charge in [0.1, 0.15) is 0 Å². The Labute approximate surface area is 147 Å². The molecule has 0 radical (unpaired) electrons. The molecule has 0 unspecified atom stereocenters. The molecule has 126 valence electrons. The zero-order valence-corrected chi connectivity index (χ0v) is 14.6. The molecule has 0 aliphatic carbocycles. The van der Waals surface area contributed by atoms with Gasteiger partial charge in [-0.3, -0.25) is 4.79 Å². The summed E-state index contributed by atoms with van der Waals surface area (Å²) in [4.78, 5) is 14.3. The molecule has 1 aliphatic rings. The number of carbonyl (C=O) groups is 1. The SMILES string of the molecule is CN1CCCc2cc(CNC(=O)CNc3ccccc3Cl)ccc21. The van der Waals surface area contributed by atoms with Crippen molar-refractivity contribution in [3.8, 4) is 0 Å². The number of amides is 1. The fraction of sp³-hybridized carbons (Fsp3) is 0.316. The first-order valence-electron chi connectivity index (χ1n) is 8.21. The van der Waals surface area contributed by atoms with Gasteiger partial charge in [0, 0.05) is 25.8 Å². The third-order valence-corrected chi connectivity index (χ3v) is 4.63. The minimum absolute atomic E-state index is 0.0511. The zero-order chi connectivity index (χ0) is 16.9. The van der Waals surface area contributed by atoms with Crippen LogP contribution >= 0.6 is 11.6 Å². The van der Waals surface area contributed by atoms with E-state index in [-0.39, 0.29) is 12.5 Å². The van der Waals surface area contributed by atoms with Gasteiger partial charge >= 0.3 is 0 Å². The van der Waals surface area contributed by atoms with Crippen LogP contribution in [0, 0.1) is 0 Å². The number of carbonyl (C=O) groups excluding carboxylic acids is 1. The molecule has 0 bridgehead atoms. The van der Waals surface area contributed by atoms with Gasteiger partial charge in [-0.25, -0.2) is 0 Å². The Morgan fingerprint density at radius 2 is 2.08 bits per heavy atom. The van der Waals surface area contributed by atoms with E-state index in [1.165, 1.54) is 17.7 Å². The maximum Gasteiger partial charge on any atom is 0.239 e. The molecule has 0 fully saturated rings. The van der Waals surface area contributed by atoms with Crippen molar-refractivity contribution in [2.24, 2.45) is 0 Å². The first kappa shape index (κ1) is 16.7. The number of nitrogens with one attached hydrogen (secondary N) is 2. The fourth-order valence-corrected chi connectivity index (χ4v) is 3.19. The normalized spacial score (nSPS) is 13.3. The smallest absolute Gasteiger partial charge is 0.239 e. The summed E-state index contributed by atoms with van der Waals surface area (Å²) in [6.07, 6.45) is 2.29. The van der Waals surface area contributed by atoms with Crippen molar-refractivity contribution in [2.75, 3.05) is 30.4 Å². The molecule has 0 spiro atoms. The summed E-state index contributed by atoms with van der Waals surface area (Å²) in [5.41, 5.74) is 4.57. The molecule has 24 heavy (non-hydrogen) atoms. The largest absolute Gasteiger partial charge is 0.375 e. The van der Waals surface area contributed by atoms with Crippen molar-refractivity contribution in [1.82, 2.24) is 5.32 Å². The Balaban J connectivity index is 1.52. The van der Waals surface area contributed by atoms with Crippen LogP contribution in [0.25, 0.3) is 0 Å². The van der Waals surface area contributed by atoms with Gasteiger partial charge in [-0.05, 0) is 42.2 Å². The summed E-state index contributed by atoms with van der Waals surface area (Å²) in [5.74, 6) is -0.0511. The number of fused-ring (bicyclic) bond motifs is 1. The van der Waals surface area contributed by atoms with Crippen LogP contribution in [0.15, 0.2) is 42.5 Å². The number of anilines is 2. The summed E-state index contributed by atoms with van der Waals surface area (Å²) >= 11 is 6.06. The van der Waals surface area contributed by atoms with Crippen LogP contribution in [0.5, 0.6) is 0 Å². The minimum atomic E-state index is -0.0511. The molecule has 5 heteroatoms. The maximum absolute atomic E-state index is 12.0. The third-order valence-electron chi connectivity index (χ3n) is 4.30. The van der Waals surface area contributed by atoms with Crippen LogP contribution in [-0.4, -0.2) is 26.0 Å². The van der Waals surface area contributed by atoms with Crippen LogP contribution in [0.4, 0.5) is 11.4 Å². The van der Waals surface area contributed by atoms with E-state index in [1.54, 1.807) is 6.07 Å². The second-order valence-corrected chi connectivity index (χ2v) is 6.51. The Bertz CT molecular complexity index is 732. The lowest BCUT2D eigenvalue weighted by Gasteiger charge is -2.27. The molecule has 2 aromatic rings. The Morgan fingerprint density at radius 1 is 1.25 bits per heavy atom. The Kier molecular flexibility index (Phi) is 5.26. The fourth-order valence-electron chi connectivity index (χ4n) is 2.99. The van der Waals surface area contributed by atoms with Gasteiger partial charge < -0.3 is 15.5 Å². The summed E-state index contributed by atoms with van der Waals surface area (Å²) in [6.45, 7) is 1.86. The van der Waals surface area contributed by atoms with Crippen LogP contribution in [0.3, 0.4) is 0 Å². The molecule has 4 nitrogen and oxygen atoms in total. The highest BCUT2D eigenvalue weighted by Gasteiger charge is 2.13. The van der Waals surface area contributed by atoms with E-state index >= 15 is 0 Å². The molecular weight excluding hydrogens is 322 g/mol. The lowest BCUT2D eigenvalue weighted by atomic mass is 9.99. The third kappa shape index (κ3) is 4.01. The quantitative estimate of drug-likeness (QED) is 0.874. The van der Waals surface area contributed by atoms with Crippen molar-refractivity contribution in [1.29, 1.82) is 0 Å². The van der Waals surface area contributed by atoms with Gasteiger partial charge in [-0.2, -0.15) is 0 Å². The highest BCUT2D eigenvalue weighted by molar-refractivity contribution is 6.33. The van der Waals surface area contributed by atoms with E-state index in [1.807, 2.05) is 18.2 Å². The van der Waals surface area contributed by atoms with Crippen molar-refractivity contribution >= 4 is 28.9 Å². The van der Waals surface area contributed by atoms with E-state index in [0.29, 0.717) is 11.6 Å². The summed E-state index contributed by atoms with van der Waals surface area (Å²) in [6, 6.07) is 13.8. The molecule has 0 atom stereocenters. The highest BCUT2D eigenvalue weighted by atomic mass is 35.5. The number of nitrogens with zero attached hydrogens (tertiary/aromatic N) is 1. The standard InChI is InChI=1S/C19H22ClN3O/c1-23-10-4-5-15-11-14(8-9-18(15)23)12-22-19(24)13-21-17-7-3-2-6-16(17)20/h2-3,6-9,11,21H,4-5,10,12-13H2,1H3,(H,22,24). The predicted octanol–water partition coefficient (Wildman–Crippen LogP) is 3.45. The van der Waals surface area contributed by atoms with Crippen molar-refractivity contribution in [3.05, 3.63) is 58.6 Å². The number of hydrogen-bond acceptors (Lipinski definition) is 3. The van der Waals surface area contributed by atoms with Gasteiger partial charge in [0.2, 0.25) is 5.91 Å². The van der Waals surface area contributed by atoms with Crippen LogP contribution in [0.2, 0.25) is 5.02 Å². The molecule has 2 N–H and O–H groups in total. The minimum Gasteiger partial charge on any atom is -0.375 e. The highest BCUT2D eigenvalue weighted by Crippen LogP contribution is 2.26. The van der Waals surface area contributed by atoms with Crippen LogP contribution in [-0.2, 0) is 17.8 Å². The first-order valence-corrected chi connectivity index (χ1v) is 8.59. The lowest BCUT2D eigenvalue weighted by molar-refractivity contribution is -0.119. The summed E-state index contributed by atoms with van der Waals surface area (Å²) in [5, 5.41) is 6.62. The average Bonchev–Trinajstić information content (AvgIpc) is 2.59. The summed E-state index contributed by atoms with van der Waals surface area (Å²) in [7, 11) is 2.12. The van der Waals surface area contributed by atoms with E-state index in [2.05, 4.69) is 40.8 Å². The second-order valence-electron chi connectivity index (χ2n) is 6.10. The number of aryl methyl sites for hydroxylation is 1. The molecule has 1 amide bonds. The monoisotopic (exact) mass is 343 g/mol. The van der Waals surface area contributed by atoms with E-state index in [0.717, 1.165) is 24.2 Å². The predicted molar refractivity (Wildman–Crippen MR) is 99.8 cm³/mol. The maximum atomic E-state index is 12.0. The van der Waals surface area contributed by atoms with Crippen LogP contribution < -0.4 is 15.5 Å². The van der Waals surface area contributed by atoms with E-state index < -0.39 is 0 Å². The molecule has 0 saturated heterocycles. The second kappa shape index (κ2) is 7.58. The number of hydrogen-bond donors (Lipinski definition) is 2. The number of halogens is 1. The Hall–Kier alpha value is -2.20. The van der Waals surface area contributed by atoms with Crippen molar-refractivity contribution in [2.45, 2.75) is 19.4 Å². The molecule has 2 aromatic carbocycles. The molecule has 3 rings (SSSR count). The van der Waals surface area contributed by atoms with Gasteiger partial charge in [-0.15, -0.1) is 0 Å². The molecular formula is C19H22ClN3O. The molecule has 0 saturated carbocycles. The zero-order valence-electron chi connectivity index (χ0n) is 13.8. The average molecular weight is 344 g/mol. The van der Waals surface area contributed by atoms with Gasteiger partial charge in [0.15, 0.2) is 0 Å². The molecule has 0 aromatic heterocycles. The topological polar surface area (TPSA) is 44.4 Å². The van der Waals surface area contributed by atoms with Gasteiger partial charge in [0.05, 0.1) is 17.3 Å². The van der Waals surface area contributed by atoms with E-state index in [4.69, 9.17) is 11.6 Å². The number of rotatable bonds is 5. The van der Waals surface area contributed by atoms with Crippen LogP contribution in [0.1, 0.15) is 17.5 Å². The number of benzene rings is 2. The van der Waals surface area contributed by atoms with Crippen molar-refractivity contribution < 1.29 is 4.79 Å².